The van der Waals surface area contributed by atoms with Gasteiger partial charge in [-0.1, -0.05) is 0 Å². The summed E-state index contributed by atoms with van der Waals surface area (Å²) >= 11 is 0. The minimum Gasteiger partial charge on any atom is -0.347 e. The zero-order chi connectivity index (χ0) is 10.1. The van der Waals surface area contributed by atoms with Crippen molar-refractivity contribution in [2.75, 3.05) is 7.05 Å². The number of sulfonamides is 1. The molecule has 1 aromatic rings. The van der Waals surface area contributed by atoms with Gasteiger partial charge in [0.1, 0.15) is 4.90 Å². The van der Waals surface area contributed by atoms with Crippen molar-refractivity contribution in [1.29, 1.82) is 0 Å². The molecule has 0 radical (unpaired) electrons. The Bertz CT molecular complexity index is 419. The fourth-order valence-electron chi connectivity index (χ4n) is 0.932. The van der Waals surface area contributed by atoms with Crippen LogP contribution in [0.2, 0.25) is 0 Å². The summed E-state index contributed by atoms with van der Waals surface area (Å²) in [5.41, 5.74) is 0.328. The highest BCUT2D eigenvalue weighted by Crippen LogP contribution is 2.10. The van der Waals surface area contributed by atoms with Crippen LogP contribution >= 0.6 is 0 Å². The zero-order valence-electron chi connectivity index (χ0n) is 7.31. The molecule has 72 valence electrons. The van der Waals surface area contributed by atoms with Crippen LogP contribution in [0, 0.1) is 0 Å². The van der Waals surface area contributed by atoms with E-state index in [2.05, 4.69) is 4.72 Å². The molecule has 0 amide bonds. The molecule has 0 aliphatic carbocycles. The van der Waals surface area contributed by atoms with E-state index >= 15 is 0 Å². The molecule has 0 aliphatic heterocycles. The molecule has 0 bridgehead atoms. The Morgan fingerprint density at radius 1 is 1.54 bits per heavy atom. The number of aryl methyl sites for hydroxylation is 1. The second-order valence-corrected chi connectivity index (χ2v) is 4.42. The van der Waals surface area contributed by atoms with Crippen molar-refractivity contribution in [3.63, 3.8) is 0 Å². The van der Waals surface area contributed by atoms with Crippen LogP contribution in [0.1, 0.15) is 10.5 Å². The quantitative estimate of drug-likeness (QED) is 0.687. The number of carbonyl (C=O) groups excluding carboxylic acids is 1. The number of carbonyl (C=O) groups is 1. The Balaban J connectivity index is 3.26. The first-order chi connectivity index (χ1) is 6.01. The van der Waals surface area contributed by atoms with E-state index < -0.39 is 10.0 Å². The molecule has 5 nitrogen and oxygen atoms in total. The van der Waals surface area contributed by atoms with Crippen LogP contribution in [0.4, 0.5) is 0 Å². The number of nitrogens with one attached hydrogen (secondary N) is 1. The Morgan fingerprint density at radius 2 is 2.15 bits per heavy atom. The van der Waals surface area contributed by atoms with Crippen molar-refractivity contribution in [2.45, 2.75) is 4.90 Å². The Morgan fingerprint density at radius 3 is 2.54 bits per heavy atom. The molecule has 0 spiro atoms. The molecule has 1 rings (SSSR count). The first-order valence-electron chi connectivity index (χ1n) is 3.56. The summed E-state index contributed by atoms with van der Waals surface area (Å²) in [7, 11) is -0.508. The predicted octanol–water partition coefficient (Wildman–Crippen LogP) is -0.254. The van der Waals surface area contributed by atoms with Gasteiger partial charge in [-0.05, 0) is 13.1 Å². The van der Waals surface area contributed by atoms with Crippen molar-refractivity contribution >= 4 is 16.3 Å². The van der Waals surface area contributed by atoms with Crippen LogP contribution in [0.5, 0.6) is 0 Å². The van der Waals surface area contributed by atoms with Crippen molar-refractivity contribution in [1.82, 2.24) is 9.29 Å². The standard InChI is InChI=1S/C7H10N2O3S/c1-8-13(11,12)7-3-6(5-10)9(2)4-7/h3-5,8H,1-2H3. The van der Waals surface area contributed by atoms with Crippen LogP contribution in [0.15, 0.2) is 17.2 Å². The molecule has 0 saturated heterocycles. The van der Waals surface area contributed by atoms with E-state index in [0.717, 1.165) is 0 Å². The molecule has 1 heterocycles. The maximum Gasteiger partial charge on any atom is 0.241 e. The summed E-state index contributed by atoms with van der Waals surface area (Å²) in [4.78, 5) is 10.5. The van der Waals surface area contributed by atoms with Gasteiger partial charge in [-0.25, -0.2) is 13.1 Å². The van der Waals surface area contributed by atoms with Crippen LogP contribution in [0.3, 0.4) is 0 Å². The van der Waals surface area contributed by atoms with Crippen LogP contribution in [-0.2, 0) is 17.1 Å². The maximum atomic E-state index is 11.2. The lowest BCUT2D eigenvalue weighted by atomic mass is 10.5. The molecular formula is C7H10N2O3S. The minimum absolute atomic E-state index is 0.0969. The largest absolute Gasteiger partial charge is 0.347 e. The summed E-state index contributed by atoms with van der Waals surface area (Å²) in [6.45, 7) is 0. The monoisotopic (exact) mass is 202 g/mol. The van der Waals surface area contributed by atoms with Crippen molar-refractivity contribution in [3.8, 4) is 0 Å². The first kappa shape index (κ1) is 9.94. The summed E-state index contributed by atoms with van der Waals surface area (Å²) < 4.78 is 26.1. The maximum absolute atomic E-state index is 11.2. The van der Waals surface area contributed by atoms with Gasteiger partial charge in [0.05, 0.1) is 5.69 Å². The van der Waals surface area contributed by atoms with E-state index in [0.29, 0.717) is 12.0 Å². The number of hydrogen-bond donors (Lipinski definition) is 1. The zero-order valence-corrected chi connectivity index (χ0v) is 8.13. The van der Waals surface area contributed by atoms with Gasteiger partial charge in [0.2, 0.25) is 10.0 Å². The SMILES string of the molecule is CNS(=O)(=O)c1cc(C=O)n(C)c1. The lowest BCUT2D eigenvalue weighted by Gasteiger charge is -1.96. The Labute approximate surface area is 76.4 Å². The van der Waals surface area contributed by atoms with E-state index in [9.17, 15) is 13.2 Å². The normalized spacial score (nSPS) is 11.5. The molecule has 13 heavy (non-hydrogen) atoms. The molecule has 0 unspecified atom stereocenters. The van der Waals surface area contributed by atoms with Gasteiger partial charge in [0, 0.05) is 13.2 Å². The van der Waals surface area contributed by atoms with Gasteiger partial charge in [0.25, 0.3) is 0 Å². The molecule has 0 aromatic carbocycles. The highest BCUT2D eigenvalue weighted by molar-refractivity contribution is 7.89. The van der Waals surface area contributed by atoms with Gasteiger partial charge < -0.3 is 4.57 Å². The third-order valence-electron chi connectivity index (χ3n) is 1.72. The van der Waals surface area contributed by atoms with Gasteiger partial charge >= 0.3 is 0 Å². The summed E-state index contributed by atoms with van der Waals surface area (Å²) in [6.07, 6.45) is 1.99. The third kappa shape index (κ3) is 1.78. The van der Waals surface area contributed by atoms with Crippen molar-refractivity contribution in [3.05, 3.63) is 18.0 Å². The highest BCUT2D eigenvalue weighted by Gasteiger charge is 2.14. The highest BCUT2D eigenvalue weighted by atomic mass is 32.2. The second kappa shape index (κ2) is 3.31. The molecule has 6 heteroatoms. The van der Waals surface area contributed by atoms with Crippen LogP contribution in [0.25, 0.3) is 0 Å². The van der Waals surface area contributed by atoms with Crippen LogP contribution in [-0.4, -0.2) is 26.3 Å². The first-order valence-corrected chi connectivity index (χ1v) is 5.04. The topological polar surface area (TPSA) is 68.2 Å². The fourth-order valence-corrected chi connectivity index (χ4v) is 1.74. The summed E-state index contributed by atoms with van der Waals surface area (Å²) in [6, 6.07) is 1.32. The number of aldehydes is 1. The average Bonchev–Trinajstić information content (AvgIpc) is 2.47. The van der Waals surface area contributed by atoms with Crippen LogP contribution < -0.4 is 4.72 Å². The molecule has 1 aromatic heterocycles. The molecule has 0 fully saturated rings. The van der Waals surface area contributed by atoms with Gasteiger partial charge in [-0.2, -0.15) is 0 Å². The number of aromatic nitrogens is 1. The second-order valence-electron chi connectivity index (χ2n) is 2.54. The van der Waals surface area contributed by atoms with Gasteiger partial charge in [-0.15, -0.1) is 0 Å². The lowest BCUT2D eigenvalue weighted by Crippen LogP contribution is -2.17. The Kier molecular flexibility index (Phi) is 2.53. The van der Waals surface area contributed by atoms with E-state index in [-0.39, 0.29) is 4.90 Å². The number of rotatable bonds is 3. The summed E-state index contributed by atoms with van der Waals surface area (Å²) in [5, 5.41) is 0. The third-order valence-corrected chi connectivity index (χ3v) is 3.10. The van der Waals surface area contributed by atoms with Gasteiger partial charge in [0.15, 0.2) is 6.29 Å². The predicted molar refractivity (Wildman–Crippen MR) is 47.0 cm³/mol. The fraction of sp³-hybridized carbons (Fsp3) is 0.286. The Hall–Kier alpha value is -1.14. The molecule has 0 saturated carbocycles. The van der Waals surface area contributed by atoms with Crippen molar-refractivity contribution < 1.29 is 13.2 Å². The van der Waals surface area contributed by atoms with Gasteiger partial charge in [-0.3, -0.25) is 4.79 Å². The van der Waals surface area contributed by atoms with E-state index in [1.54, 1.807) is 7.05 Å². The average molecular weight is 202 g/mol. The minimum atomic E-state index is -3.44. The van der Waals surface area contributed by atoms with E-state index in [4.69, 9.17) is 0 Å². The molecule has 0 atom stereocenters. The molecule has 0 aliphatic rings. The molecule has 1 N–H and O–H groups in total. The van der Waals surface area contributed by atoms with E-state index in [1.165, 1.54) is 23.9 Å². The number of nitrogens with zero attached hydrogens (tertiary/aromatic N) is 1. The van der Waals surface area contributed by atoms with Crippen molar-refractivity contribution in [2.24, 2.45) is 7.05 Å². The lowest BCUT2D eigenvalue weighted by molar-refractivity contribution is 0.111. The molecular weight excluding hydrogens is 192 g/mol. The summed E-state index contributed by atoms with van der Waals surface area (Å²) in [5.74, 6) is 0. The smallest absolute Gasteiger partial charge is 0.241 e. The van der Waals surface area contributed by atoms with E-state index in [1.807, 2.05) is 0 Å². The number of hydrogen-bond acceptors (Lipinski definition) is 3.